The first-order valence-electron chi connectivity index (χ1n) is 8.92. The average molecular weight is 368 g/mol. The zero-order chi connectivity index (χ0) is 19.2. The molecule has 3 rings (SSSR count). The Bertz CT molecular complexity index is 799. The van der Waals surface area contributed by atoms with Gasteiger partial charge in [-0.1, -0.05) is 12.1 Å². The highest BCUT2D eigenvalue weighted by molar-refractivity contribution is 5.95. The Kier molecular flexibility index (Phi) is 5.80. The summed E-state index contributed by atoms with van der Waals surface area (Å²) in [5.74, 6) is 0.751. The number of benzene rings is 2. The van der Waals surface area contributed by atoms with Gasteiger partial charge < -0.3 is 26.0 Å². The van der Waals surface area contributed by atoms with Crippen molar-refractivity contribution in [3.05, 3.63) is 54.1 Å². The van der Waals surface area contributed by atoms with Gasteiger partial charge in [-0.05, 0) is 49.2 Å². The molecule has 0 unspecified atom stereocenters. The Labute approximate surface area is 158 Å². The zero-order valence-corrected chi connectivity index (χ0v) is 15.3. The molecule has 0 atom stereocenters. The quantitative estimate of drug-likeness (QED) is 0.756. The second-order valence-electron chi connectivity index (χ2n) is 6.47. The number of rotatable bonds is 5. The molecule has 0 aromatic heterocycles. The van der Waals surface area contributed by atoms with Crippen LogP contribution in [-0.4, -0.2) is 38.2 Å². The van der Waals surface area contributed by atoms with E-state index in [1.807, 2.05) is 18.2 Å². The summed E-state index contributed by atoms with van der Waals surface area (Å²) in [6, 6.07) is 14.1. The summed E-state index contributed by atoms with van der Waals surface area (Å²) >= 11 is 0. The highest BCUT2D eigenvalue weighted by atomic mass is 16.5. The van der Waals surface area contributed by atoms with E-state index in [0.29, 0.717) is 11.3 Å². The van der Waals surface area contributed by atoms with E-state index in [-0.39, 0.29) is 11.9 Å². The van der Waals surface area contributed by atoms with Crippen LogP contribution in [0.5, 0.6) is 5.75 Å². The number of ether oxygens (including phenoxy) is 1. The van der Waals surface area contributed by atoms with Crippen molar-refractivity contribution in [2.45, 2.75) is 18.9 Å². The van der Waals surface area contributed by atoms with E-state index in [1.165, 1.54) is 0 Å². The van der Waals surface area contributed by atoms with Gasteiger partial charge in [0, 0.05) is 30.4 Å². The predicted molar refractivity (Wildman–Crippen MR) is 105 cm³/mol. The molecule has 2 aromatic rings. The number of methoxy groups -OCH3 is 1. The maximum atomic E-state index is 12.4. The molecular weight excluding hydrogens is 344 g/mol. The normalized spacial score (nSPS) is 14.5. The van der Waals surface area contributed by atoms with Crippen LogP contribution in [0.25, 0.3) is 0 Å². The van der Waals surface area contributed by atoms with Crippen LogP contribution in [0, 0.1) is 0 Å². The Balaban J connectivity index is 1.54. The number of urea groups is 1. The summed E-state index contributed by atoms with van der Waals surface area (Å²) in [6.07, 6.45) is 1.73. The lowest BCUT2D eigenvalue weighted by Crippen LogP contribution is -2.44. The van der Waals surface area contributed by atoms with Crippen molar-refractivity contribution in [2.75, 3.05) is 30.4 Å². The SMILES string of the molecule is COc1ccccc1N1CCC(NC(=O)c2ccc(NC(N)=O)cc2)CC1. The molecule has 1 heterocycles. The number of carbonyl (C=O) groups is 2. The number of primary amides is 1. The molecule has 0 saturated carbocycles. The summed E-state index contributed by atoms with van der Waals surface area (Å²) in [5, 5.41) is 5.56. The standard InChI is InChI=1S/C20H24N4O3/c1-27-18-5-3-2-4-17(18)24-12-10-16(11-13-24)22-19(25)14-6-8-15(9-7-14)23-20(21)26/h2-9,16H,10-13H2,1H3,(H,22,25)(H3,21,23,26). The van der Waals surface area contributed by atoms with E-state index in [0.717, 1.165) is 37.4 Å². The fourth-order valence-electron chi connectivity index (χ4n) is 3.27. The van der Waals surface area contributed by atoms with E-state index in [2.05, 4.69) is 21.6 Å². The van der Waals surface area contributed by atoms with Crippen molar-refractivity contribution < 1.29 is 14.3 Å². The molecule has 1 saturated heterocycles. The molecule has 142 valence electrons. The minimum Gasteiger partial charge on any atom is -0.495 e. The lowest BCUT2D eigenvalue weighted by atomic mass is 10.0. The number of amides is 3. The lowest BCUT2D eigenvalue weighted by molar-refractivity contribution is 0.0931. The third kappa shape index (κ3) is 4.69. The van der Waals surface area contributed by atoms with E-state index < -0.39 is 6.03 Å². The molecule has 0 radical (unpaired) electrons. The van der Waals surface area contributed by atoms with Gasteiger partial charge in [-0.2, -0.15) is 0 Å². The molecule has 1 fully saturated rings. The number of nitrogens with one attached hydrogen (secondary N) is 2. The number of piperidine rings is 1. The monoisotopic (exact) mass is 368 g/mol. The minimum atomic E-state index is -0.631. The van der Waals surface area contributed by atoms with Crippen molar-refractivity contribution in [3.63, 3.8) is 0 Å². The number of hydrogen-bond donors (Lipinski definition) is 3. The van der Waals surface area contributed by atoms with Gasteiger partial charge in [0.05, 0.1) is 12.8 Å². The van der Waals surface area contributed by atoms with Crippen molar-refractivity contribution in [3.8, 4) is 5.75 Å². The molecule has 7 nitrogen and oxygen atoms in total. The van der Waals surface area contributed by atoms with Crippen LogP contribution in [0.3, 0.4) is 0 Å². The Morgan fingerprint density at radius 1 is 1.07 bits per heavy atom. The third-order valence-corrected chi connectivity index (χ3v) is 4.67. The Morgan fingerprint density at radius 3 is 2.37 bits per heavy atom. The second-order valence-corrected chi connectivity index (χ2v) is 6.47. The first-order chi connectivity index (χ1) is 13.1. The van der Waals surface area contributed by atoms with Gasteiger partial charge in [-0.15, -0.1) is 0 Å². The molecule has 3 amide bonds. The molecule has 27 heavy (non-hydrogen) atoms. The summed E-state index contributed by atoms with van der Waals surface area (Å²) < 4.78 is 5.44. The Hall–Kier alpha value is -3.22. The van der Waals surface area contributed by atoms with Gasteiger partial charge in [-0.3, -0.25) is 4.79 Å². The van der Waals surface area contributed by atoms with Crippen molar-refractivity contribution >= 4 is 23.3 Å². The molecule has 7 heteroatoms. The predicted octanol–water partition coefficient (Wildman–Crippen LogP) is 2.58. The maximum Gasteiger partial charge on any atom is 0.316 e. The van der Waals surface area contributed by atoms with Gasteiger partial charge in [0.15, 0.2) is 0 Å². The Morgan fingerprint density at radius 2 is 1.74 bits per heavy atom. The van der Waals surface area contributed by atoms with E-state index in [1.54, 1.807) is 31.4 Å². The van der Waals surface area contributed by atoms with E-state index in [9.17, 15) is 9.59 Å². The van der Waals surface area contributed by atoms with Crippen LogP contribution < -0.4 is 26.0 Å². The smallest absolute Gasteiger partial charge is 0.316 e. The van der Waals surface area contributed by atoms with Gasteiger partial charge in [0.25, 0.3) is 5.91 Å². The molecule has 0 spiro atoms. The number of para-hydroxylation sites is 2. The van der Waals surface area contributed by atoms with Gasteiger partial charge in [0.2, 0.25) is 0 Å². The molecule has 4 N–H and O–H groups in total. The summed E-state index contributed by atoms with van der Waals surface area (Å²) in [6.45, 7) is 1.71. The van der Waals surface area contributed by atoms with Gasteiger partial charge in [-0.25, -0.2) is 4.79 Å². The summed E-state index contributed by atoms with van der Waals surface area (Å²) in [7, 11) is 1.68. The fourth-order valence-corrected chi connectivity index (χ4v) is 3.27. The fraction of sp³-hybridized carbons (Fsp3) is 0.300. The lowest BCUT2D eigenvalue weighted by Gasteiger charge is -2.34. The van der Waals surface area contributed by atoms with Crippen LogP contribution in [0.4, 0.5) is 16.2 Å². The van der Waals surface area contributed by atoms with Crippen LogP contribution in [0.1, 0.15) is 23.2 Å². The molecule has 0 aliphatic carbocycles. The molecular formula is C20H24N4O3. The molecule has 0 bridgehead atoms. The minimum absolute atomic E-state index is 0.114. The zero-order valence-electron chi connectivity index (χ0n) is 15.3. The number of carbonyl (C=O) groups excluding carboxylic acids is 2. The number of nitrogens with two attached hydrogens (primary N) is 1. The van der Waals surface area contributed by atoms with Crippen LogP contribution >= 0.6 is 0 Å². The van der Waals surface area contributed by atoms with E-state index in [4.69, 9.17) is 10.5 Å². The highest BCUT2D eigenvalue weighted by Gasteiger charge is 2.22. The van der Waals surface area contributed by atoms with Crippen molar-refractivity contribution in [2.24, 2.45) is 5.73 Å². The highest BCUT2D eigenvalue weighted by Crippen LogP contribution is 2.29. The largest absolute Gasteiger partial charge is 0.495 e. The number of hydrogen-bond acceptors (Lipinski definition) is 4. The van der Waals surface area contributed by atoms with Gasteiger partial charge in [0.1, 0.15) is 5.75 Å². The van der Waals surface area contributed by atoms with Crippen molar-refractivity contribution in [1.82, 2.24) is 5.32 Å². The van der Waals surface area contributed by atoms with Crippen molar-refractivity contribution in [1.29, 1.82) is 0 Å². The first kappa shape index (κ1) is 18.6. The third-order valence-electron chi connectivity index (χ3n) is 4.67. The van der Waals surface area contributed by atoms with Crippen LogP contribution in [0.15, 0.2) is 48.5 Å². The average Bonchev–Trinajstić information content (AvgIpc) is 2.68. The van der Waals surface area contributed by atoms with Crippen LogP contribution in [0.2, 0.25) is 0 Å². The summed E-state index contributed by atoms with van der Waals surface area (Å²) in [4.78, 5) is 25.6. The molecule has 1 aliphatic heterocycles. The maximum absolute atomic E-state index is 12.4. The second kappa shape index (κ2) is 8.44. The topological polar surface area (TPSA) is 96.7 Å². The number of anilines is 2. The van der Waals surface area contributed by atoms with Crippen LogP contribution in [-0.2, 0) is 0 Å². The number of nitrogens with zero attached hydrogens (tertiary/aromatic N) is 1. The summed E-state index contributed by atoms with van der Waals surface area (Å²) in [5.41, 5.74) is 7.27. The first-order valence-corrected chi connectivity index (χ1v) is 8.92. The molecule has 1 aliphatic rings. The van der Waals surface area contributed by atoms with Gasteiger partial charge >= 0.3 is 6.03 Å². The van der Waals surface area contributed by atoms with E-state index >= 15 is 0 Å². The molecule has 2 aromatic carbocycles.